The molecule has 1 unspecified atom stereocenters. The van der Waals surface area contributed by atoms with Crippen molar-refractivity contribution >= 4 is 22.2 Å². The molecule has 5 rings (SSSR count). The van der Waals surface area contributed by atoms with Gasteiger partial charge in [-0.1, -0.05) is 43.9 Å². The highest BCUT2D eigenvalue weighted by Gasteiger charge is 2.29. The monoisotopic (exact) mass is 490 g/mol. The molecule has 1 atom stereocenters. The van der Waals surface area contributed by atoms with Crippen molar-refractivity contribution in [3.63, 3.8) is 0 Å². The van der Waals surface area contributed by atoms with Gasteiger partial charge >= 0.3 is 0 Å². The summed E-state index contributed by atoms with van der Waals surface area (Å²) < 4.78 is 2.08. The number of nitrogens with zero attached hydrogens (tertiary/aromatic N) is 5. The van der Waals surface area contributed by atoms with Gasteiger partial charge in [-0.2, -0.15) is 0 Å². The van der Waals surface area contributed by atoms with Gasteiger partial charge in [0.05, 0.1) is 17.6 Å². The highest BCUT2D eigenvalue weighted by molar-refractivity contribution is 7.09. The zero-order chi connectivity index (χ0) is 24.4. The lowest BCUT2D eigenvalue weighted by atomic mass is 9.95. The number of aryl methyl sites for hydroxylation is 2. The molecule has 0 spiro atoms. The van der Waals surface area contributed by atoms with Gasteiger partial charge in [-0.05, 0) is 78.1 Å². The maximum absolute atomic E-state index is 13.2. The van der Waals surface area contributed by atoms with Gasteiger partial charge in [-0.15, -0.1) is 16.4 Å². The number of fused-ring (bicyclic) bond motifs is 1. The molecule has 0 bridgehead atoms. The van der Waals surface area contributed by atoms with E-state index in [-0.39, 0.29) is 11.6 Å². The van der Waals surface area contributed by atoms with Crippen molar-refractivity contribution in [3.8, 4) is 0 Å². The van der Waals surface area contributed by atoms with Crippen LogP contribution in [0, 0.1) is 13.8 Å². The molecule has 7 nitrogen and oxygen atoms in total. The second-order valence-electron chi connectivity index (χ2n) is 9.85. The Morgan fingerprint density at radius 1 is 1.17 bits per heavy atom. The van der Waals surface area contributed by atoms with E-state index in [1.807, 2.05) is 6.92 Å². The Morgan fingerprint density at radius 3 is 2.74 bits per heavy atom. The van der Waals surface area contributed by atoms with E-state index in [0.29, 0.717) is 12.6 Å². The first-order valence-corrected chi connectivity index (χ1v) is 13.6. The number of hydrogen-bond acceptors (Lipinski definition) is 6. The van der Waals surface area contributed by atoms with Crippen LogP contribution in [0.2, 0.25) is 0 Å². The fourth-order valence-corrected chi connectivity index (χ4v) is 6.29. The molecule has 3 heterocycles. The number of rotatable bonds is 8. The fourth-order valence-electron chi connectivity index (χ4n) is 5.56. The van der Waals surface area contributed by atoms with E-state index < -0.39 is 0 Å². The number of thiophene rings is 1. The van der Waals surface area contributed by atoms with Crippen molar-refractivity contribution in [2.45, 2.75) is 84.5 Å². The summed E-state index contributed by atoms with van der Waals surface area (Å²) in [6.45, 7) is 7.61. The Hall–Kier alpha value is -2.84. The number of nitrogens with one attached hydrogen (secondary N) is 1. The number of aromatic nitrogens is 5. The van der Waals surface area contributed by atoms with Crippen molar-refractivity contribution in [1.29, 1.82) is 0 Å². The van der Waals surface area contributed by atoms with Gasteiger partial charge in [0.2, 0.25) is 0 Å². The van der Waals surface area contributed by atoms with E-state index >= 15 is 0 Å². The number of tetrazole rings is 1. The first-order chi connectivity index (χ1) is 17.0. The normalized spacial score (nSPS) is 15.8. The molecule has 1 aromatic carbocycles. The molecular weight excluding hydrogens is 456 g/mol. The van der Waals surface area contributed by atoms with Crippen molar-refractivity contribution < 1.29 is 0 Å². The first kappa shape index (κ1) is 23.9. The lowest BCUT2D eigenvalue weighted by Gasteiger charge is -2.31. The Morgan fingerprint density at radius 2 is 2.00 bits per heavy atom. The molecule has 1 aliphatic rings. The molecule has 35 heavy (non-hydrogen) atoms. The summed E-state index contributed by atoms with van der Waals surface area (Å²) in [5.41, 5.74) is 3.96. The lowest BCUT2D eigenvalue weighted by molar-refractivity contribution is 0.157. The second-order valence-corrected chi connectivity index (χ2v) is 10.9. The van der Waals surface area contributed by atoms with Crippen LogP contribution >= 0.6 is 11.3 Å². The summed E-state index contributed by atoms with van der Waals surface area (Å²) in [7, 11) is 0. The summed E-state index contributed by atoms with van der Waals surface area (Å²) in [6.07, 6.45) is 6.86. The molecule has 1 saturated carbocycles. The van der Waals surface area contributed by atoms with Gasteiger partial charge in [0.15, 0.2) is 5.82 Å². The predicted molar refractivity (Wildman–Crippen MR) is 141 cm³/mol. The molecule has 0 amide bonds. The molecule has 0 aliphatic heterocycles. The van der Waals surface area contributed by atoms with E-state index in [2.05, 4.69) is 79.7 Å². The van der Waals surface area contributed by atoms with E-state index in [1.165, 1.54) is 29.7 Å². The molecule has 8 heteroatoms. The summed E-state index contributed by atoms with van der Waals surface area (Å²) in [6, 6.07) is 10.9. The molecule has 184 valence electrons. The van der Waals surface area contributed by atoms with Gasteiger partial charge < -0.3 is 4.98 Å². The smallest absolute Gasteiger partial charge is 0.252 e. The number of benzene rings is 1. The van der Waals surface area contributed by atoms with Crippen LogP contribution < -0.4 is 5.56 Å². The molecular formula is C27H34N6OS. The quantitative estimate of drug-likeness (QED) is 0.335. The molecule has 4 aromatic rings. The summed E-state index contributed by atoms with van der Waals surface area (Å²) in [5, 5.41) is 16.2. The van der Waals surface area contributed by atoms with Crippen molar-refractivity contribution in [3.05, 3.63) is 73.5 Å². The fraction of sp³-hybridized carbons (Fsp3) is 0.481. The minimum atomic E-state index is -0.0256. The highest BCUT2D eigenvalue weighted by Crippen LogP contribution is 2.33. The Kier molecular flexibility index (Phi) is 7.11. The van der Waals surface area contributed by atoms with Crippen LogP contribution in [-0.2, 0) is 13.1 Å². The number of pyridine rings is 1. The van der Waals surface area contributed by atoms with E-state index in [4.69, 9.17) is 0 Å². The maximum Gasteiger partial charge on any atom is 0.252 e. The van der Waals surface area contributed by atoms with E-state index in [0.717, 1.165) is 53.7 Å². The standard InChI is InChI=1S/C27H34N6OS/c1-4-24(26-29-30-31-33(26)22-9-6-5-7-10-22)32(17-23-11-8-12-35-23)16-21-15-20-14-18(2)13-19(3)25(20)28-27(21)34/h8,11-15,22,24H,4-7,9-10,16-17H2,1-3H3,(H,28,34). The van der Waals surface area contributed by atoms with Gasteiger partial charge in [-0.25, -0.2) is 4.68 Å². The van der Waals surface area contributed by atoms with Crippen LogP contribution in [0.25, 0.3) is 10.9 Å². The van der Waals surface area contributed by atoms with Gasteiger partial charge in [0.1, 0.15) is 0 Å². The average molecular weight is 491 g/mol. The molecule has 1 aliphatic carbocycles. The van der Waals surface area contributed by atoms with Crippen LogP contribution in [-0.4, -0.2) is 30.1 Å². The van der Waals surface area contributed by atoms with Crippen LogP contribution in [0.4, 0.5) is 0 Å². The van der Waals surface area contributed by atoms with Crippen LogP contribution in [0.3, 0.4) is 0 Å². The van der Waals surface area contributed by atoms with Crippen molar-refractivity contribution in [1.82, 2.24) is 30.1 Å². The highest BCUT2D eigenvalue weighted by atomic mass is 32.1. The largest absolute Gasteiger partial charge is 0.321 e. The molecule has 0 radical (unpaired) electrons. The maximum atomic E-state index is 13.2. The molecule has 1 N–H and O–H groups in total. The topological polar surface area (TPSA) is 79.7 Å². The van der Waals surface area contributed by atoms with Gasteiger partial charge in [0.25, 0.3) is 5.56 Å². The summed E-state index contributed by atoms with van der Waals surface area (Å²) >= 11 is 1.74. The van der Waals surface area contributed by atoms with Crippen molar-refractivity contribution in [2.75, 3.05) is 0 Å². The Labute approximate surface area is 210 Å². The molecule has 3 aromatic heterocycles. The van der Waals surface area contributed by atoms with Crippen LogP contribution in [0.15, 0.2) is 40.5 Å². The van der Waals surface area contributed by atoms with Gasteiger partial charge in [-0.3, -0.25) is 9.69 Å². The zero-order valence-electron chi connectivity index (χ0n) is 20.8. The summed E-state index contributed by atoms with van der Waals surface area (Å²) in [4.78, 5) is 20.0. The Bertz CT molecular complexity index is 1340. The predicted octanol–water partition coefficient (Wildman–Crippen LogP) is 5.85. The lowest BCUT2D eigenvalue weighted by Crippen LogP contribution is -2.33. The van der Waals surface area contributed by atoms with Crippen LogP contribution in [0.5, 0.6) is 0 Å². The minimum Gasteiger partial charge on any atom is -0.321 e. The molecule has 1 fully saturated rings. The van der Waals surface area contributed by atoms with Crippen LogP contribution in [0.1, 0.15) is 84.9 Å². The number of aromatic amines is 1. The average Bonchev–Trinajstić information content (AvgIpc) is 3.54. The van der Waals surface area contributed by atoms with E-state index in [9.17, 15) is 4.79 Å². The van der Waals surface area contributed by atoms with Crippen molar-refractivity contribution in [2.24, 2.45) is 0 Å². The Balaban J connectivity index is 1.52. The second kappa shape index (κ2) is 10.4. The SMILES string of the molecule is CCC(c1nnnn1C1CCCCC1)N(Cc1cccs1)Cc1cc2cc(C)cc(C)c2[nH]c1=O. The summed E-state index contributed by atoms with van der Waals surface area (Å²) in [5.74, 6) is 0.917. The third-order valence-electron chi connectivity index (χ3n) is 7.25. The van der Waals surface area contributed by atoms with Gasteiger partial charge in [0, 0.05) is 23.5 Å². The zero-order valence-corrected chi connectivity index (χ0v) is 21.6. The number of hydrogen-bond donors (Lipinski definition) is 1. The van der Waals surface area contributed by atoms with E-state index in [1.54, 1.807) is 11.3 Å². The number of H-pyrrole nitrogens is 1. The molecule has 0 saturated heterocycles. The third kappa shape index (κ3) is 5.09. The first-order valence-electron chi connectivity index (χ1n) is 12.7. The third-order valence-corrected chi connectivity index (χ3v) is 8.11. The minimum absolute atomic E-state index is 0.0170.